The summed E-state index contributed by atoms with van der Waals surface area (Å²) < 4.78 is 0.969. The quantitative estimate of drug-likeness (QED) is 0.552. The Bertz CT molecular complexity index is 853. The Morgan fingerprint density at radius 2 is 1.77 bits per heavy atom. The number of amides is 1. The highest BCUT2D eigenvalue weighted by molar-refractivity contribution is 9.10. The van der Waals surface area contributed by atoms with Gasteiger partial charge in [0.25, 0.3) is 5.91 Å². The summed E-state index contributed by atoms with van der Waals surface area (Å²) in [6.07, 6.45) is 1.62. The zero-order valence-electron chi connectivity index (χ0n) is 11.7. The molecule has 108 valence electrons. The lowest BCUT2D eigenvalue weighted by Gasteiger charge is -2.04. The van der Waals surface area contributed by atoms with Crippen molar-refractivity contribution >= 4 is 38.8 Å². The minimum absolute atomic E-state index is 0.219. The number of rotatable bonds is 3. The van der Waals surface area contributed by atoms with Crippen LogP contribution in [-0.2, 0) is 0 Å². The lowest BCUT2D eigenvalue weighted by molar-refractivity contribution is 0.0957. The predicted molar refractivity (Wildman–Crippen MR) is 93.2 cm³/mol. The molecule has 0 aliphatic rings. The number of nitrogens with zero attached hydrogens (tertiary/aromatic N) is 1. The molecule has 0 heterocycles. The predicted octanol–water partition coefficient (Wildman–Crippen LogP) is 4.37. The number of nitrogens with one attached hydrogen (secondary N) is 1. The molecule has 0 fully saturated rings. The molecule has 1 amide bonds. The number of carbonyl (C=O) groups excluding carboxylic acids is 1. The topological polar surface area (TPSA) is 41.5 Å². The first-order valence-corrected chi connectivity index (χ1v) is 7.60. The molecular weight excluding hydrogens is 340 g/mol. The highest BCUT2D eigenvalue weighted by atomic mass is 79.9. The van der Waals surface area contributed by atoms with Crippen molar-refractivity contribution in [3.63, 3.8) is 0 Å². The third kappa shape index (κ3) is 3.23. The number of fused-ring (bicyclic) bond motifs is 1. The number of hydrogen-bond donors (Lipinski definition) is 1. The van der Waals surface area contributed by atoms with Crippen molar-refractivity contribution in [2.75, 3.05) is 0 Å². The highest BCUT2D eigenvalue weighted by Crippen LogP contribution is 2.18. The van der Waals surface area contributed by atoms with Crippen LogP contribution in [0.15, 0.2) is 76.3 Å². The van der Waals surface area contributed by atoms with Crippen LogP contribution in [0.5, 0.6) is 0 Å². The van der Waals surface area contributed by atoms with Gasteiger partial charge < -0.3 is 0 Å². The van der Waals surface area contributed by atoms with Crippen molar-refractivity contribution in [1.82, 2.24) is 5.43 Å². The zero-order valence-corrected chi connectivity index (χ0v) is 13.2. The van der Waals surface area contributed by atoms with Crippen LogP contribution in [0.25, 0.3) is 10.8 Å². The number of hydrogen-bond acceptors (Lipinski definition) is 2. The maximum atomic E-state index is 12.3. The molecule has 22 heavy (non-hydrogen) atoms. The van der Waals surface area contributed by atoms with Gasteiger partial charge in [-0.25, -0.2) is 5.43 Å². The Hall–Kier alpha value is -2.46. The van der Waals surface area contributed by atoms with Gasteiger partial charge in [0.1, 0.15) is 0 Å². The highest BCUT2D eigenvalue weighted by Gasteiger charge is 2.08. The van der Waals surface area contributed by atoms with E-state index >= 15 is 0 Å². The Morgan fingerprint density at radius 3 is 2.64 bits per heavy atom. The van der Waals surface area contributed by atoms with Gasteiger partial charge in [-0.05, 0) is 34.5 Å². The minimum Gasteiger partial charge on any atom is -0.267 e. The van der Waals surface area contributed by atoms with Gasteiger partial charge in [0.15, 0.2) is 0 Å². The molecule has 0 aliphatic carbocycles. The maximum absolute atomic E-state index is 12.3. The fourth-order valence-electron chi connectivity index (χ4n) is 2.24. The van der Waals surface area contributed by atoms with Gasteiger partial charge in [-0.3, -0.25) is 4.79 Å². The van der Waals surface area contributed by atoms with Gasteiger partial charge in [-0.1, -0.05) is 64.5 Å². The Labute approximate surface area is 136 Å². The largest absolute Gasteiger partial charge is 0.271 e. The number of benzene rings is 3. The van der Waals surface area contributed by atoms with Gasteiger partial charge in [-0.15, -0.1) is 0 Å². The van der Waals surface area contributed by atoms with E-state index in [1.54, 1.807) is 12.3 Å². The number of hydrazone groups is 1. The van der Waals surface area contributed by atoms with Crippen LogP contribution in [0.3, 0.4) is 0 Å². The minimum atomic E-state index is -0.219. The van der Waals surface area contributed by atoms with Gasteiger partial charge in [0.2, 0.25) is 0 Å². The standard InChI is InChI=1S/C18H13BrN2O/c19-15-8-3-5-13(11-15)12-20-21-18(22)17-10-4-7-14-6-1-2-9-16(14)17/h1-12H,(H,21,22)/b20-12-. The summed E-state index contributed by atoms with van der Waals surface area (Å²) in [4.78, 5) is 12.3. The summed E-state index contributed by atoms with van der Waals surface area (Å²) in [7, 11) is 0. The fraction of sp³-hybridized carbons (Fsp3) is 0. The summed E-state index contributed by atoms with van der Waals surface area (Å²) in [5, 5.41) is 5.97. The van der Waals surface area contributed by atoms with Crippen molar-refractivity contribution in [2.24, 2.45) is 5.10 Å². The van der Waals surface area contributed by atoms with Crippen LogP contribution in [0, 0.1) is 0 Å². The zero-order chi connectivity index (χ0) is 15.4. The van der Waals surface area contributed by atoms with E-state index in [0.717, 1.165) is 20.8 Å². The second-order valence-electron chi connectivity index (χ2n) is 4.78. The van der Waals surface area contributed by atoms with Crippen LogP contribution in [-0.4, -0.2) is 12.1 Å². The lowest BCUT2D eigenvalue weighted by atomic mass is 10.0. The fourth-order valence-corrected chi connectivity index (χ4v) is 2.65. The normalized spacial score (nSPS) is 11.0. The van der Waals surface area contributed by atoms with Gasteiger partial charge >= 0.3 is 0 Å². The summed E-state index contributed by atoms with van der Waals surface area (Å²) in [6, 6.07) is 21.1. The third-order valence-electron chi connectivity index (χ3n) is 3.26. The first-order valence-electron chi connectivity index (χ1n) is 6.81. The summed E-state index contributed by atoms with van der Waals surface area (Å²) in [5.74, 6) is -0.219. The van der Waals surface area contributed by atoms with Crippen LogP contribution in [0.4, 0.5) is 0 Å². The summed E-state index contributed by atoms with van der Waals surface area (Å²) in [6.45, 7) is 0. The second-order valence-corrected chi connectivity index (χ2v) is 5.70. The van der Waals surface area contributed by atoms with Gasteiger partial charge in [0, 0.05) is 10.0 Å². The molecule has 0 bridgehead atoms. The van der Waals surface area contributed by atoms with E-state index in [9.17, 15) is 4.79 Å². The average molecular weight is 353 g/mol. The monoisotopic (exact) mass is 352 g/mol. The molecule has 4 heteroatoms. The first-order chi connectivity index (χ1) is 10.7. The molecule has 0 saturated heterocycles. The van der Waals surface area contributed by atoms with Crippen molar-refractivity contribution in [1.29, 1.82) is 0 Å². The van der Waals surface area contributed by atoms with Crippen LogP contribution in [0.1, 0.15) is 15.9 Å². The van der Waals surface area contributed by atoms with Crippen molar-refractivity contribution in [2.45, 2.75) is 0 Å². The van der Waals surface area contributed by atoms with E-state index in [1.807, 2.05) is 60.7 Å². The molecule has 3 rings (SSSR count). The molecule has 1 N–H and O–H groups in total. The van der Waals surface area contributed by atoms with Crippen LogP contribution >= 0.6 is 15.9 Å². The van der Waals surface area contributed by atoms with E-state index in [-0.39, 0.29) is 5.91 Å². The van der Waals surface area contributed by atoms with E-state index < -0.39 is 0 Å². The van der Waals surface area contributed by atoms with Gasteiger partial charge in [0.05, 0.1) is 6.21 Å². The third-order valence-corrected chi connectivity index (χ3v) is 3.76. The van der Waals surface area contributed by atoms with Crippen LogP contribution in [0.2, 0.25) is 0 Å². The number of carbonyl (C=O) groups is 1. The summed E-state index contributed by atoms with van der Waals surface area (Å²) in [5.41, 5.74) is 4.10. The molecule has 0 saturated carbocycles. The molecule has 0 spiro atoms. The molecule has 0 aliphatic heterocycles. The molecule has 3 nitrogen and oxygen atoms in total. The van der Waals surface area contributed by atoms with Crippen molar-refractivity contribution in [3.8, 4) is 0 Å². The Morgan fingerprint density at radius 1 is 1.00 bits per heavy atom. The summed E-state index contributed by atoms with van der Waals surface area (Å²) >= 11 is 3.40. The first kappa shape index (κ1) is 14.5. The van der Waals surface area contributed by atoms with Crippen LogP contribution < -0.4 is 5.43 Å². The SMILES string of the molecule is O=C(N/N=C\c1cccc(Br)c1)c1cccc2ccccc12. The molecule has 3 aromatic carbocycles. The van der Waals surface area contributed by atoms with E-state index in [2.05, 4.69) is 26.5 Å². The molecule has 0 radical (unpaired) electrons. The Kier molecular flexibility index (Phi) is 4.30. The van der Waals surface area contributed by atoms with Crippen molar-refractivity contribution in [3.05, 3.63) is 82.3 Å². The number of halogens is 1. The molecule has 0 aromatic heterocycles. The van der Waals surface area contributed by atoms with Gasteiger partial charge in [-0.2, -0.15) is 5.10 Å². The van der Waals surface area contributed by atoms with Crippen molar-refractivity contribution < 1.29 is 4.79 Å². The molecule has 0 atom stereocenters. The van der Waals surface area contributed by atoms with E-state index in [0.29, 0.717) is 5.56 Å². The van der Waals surface area contributed by atoms with E-state index in [1.165, 1.54) is 0 Å². The second kappa shape index (κ2) is 6.54. The maximum Gasteiger partial charge on any atom is 0.271 e. The molecular formula is C18H13BrN2O. The lowest BCUT2D eigenvalue weighted by Crippen LogP contribution is -2.17. The molecule has 3 aromatic rings. The molecule has 0 unspecified atom stereocenters. The van der Waals surface area contributed by atoms with E-state index in [4.69, 9.17) is 0 Å². The smallest absolute Gasteiger partial charge is 0.267 e. The average Bonchev–Trinajstić information content (AvgIpc) is 2.54. The Balaban J connectivity index is 1.79.